The van der Waals surface area contributed by atoms with Crippen LogP contribution in [0.2, 0.25) is 0 Å². The minimum Gasteiger partial charge on any atom is -0.323 e. The zero-order valence-electron chi connectivity index (χ0n) is 9.66. The van der Waals surface area contributed by atoms with Crippen molar-refractivity contribution in [2.45, 2.75) is 35.5 Å². The van der Waals surface area contributed by atoms with Crippen LogP contribution in [0.15, 0.2) is 29.2 Å². The lowest BCUT2D eigenvalue weighted by atomic mass is 9.77. The highest BCUT2D eigenvalue weighted by atomic mass is 32.2. The van der Waals surface area contributed by atoms with E-state index in [1.165, 1.54) is 0 Å². The molecule has 6 heteroatoms. The van der Waals surface area contributed by atoms with Gasteiger partial charge in [-0.05, 0) is 31.4 Å². The number of rotatable bonds is 4. The van der Waals surface area contributed by atoms with Crippen LogP contribution in [-0.4, -0.2) is 17.2 Å². The number of benzene rings is 1. The Kier molecular flexibility index (Phi) is 3.87. The van der Waals surface area contributed by atoms with Crippen LogP contribution < -0.4 is 11.1 Å². The Labute approximate surface area is 108 Å². The van der Waals surface area contributed by atoms with Crippen LogP contribution in [0.1, 0.15) is 19.3 Å². The SMILES string of the molecule is NC1(C(=O)Nc2ccccc2SC(F)F)CCC1. The van der Waals surface area contributed by atoms with Gasteiger partial charge in [0.05, 0.1) is 11.2 Å². The second-order valence-electron chi connectivity index (χ2n) is 4.34. The van der Waals surface area contributed by atoms with Crippen molar-refractivity contribution in [3.8, 4) is 0 Å². The van der Waals surface area contributed by atoms with Gasteiger partial charge in [0.1, 0.15) is 0 Å². The number of para-hydroxylation sites is 1. The molecule has 1 aromatic carbocycles. The second-order valence-corrected chi connectivity index (χ2v) is 5.37. The Morgan fingerprint density at radius 3 is 2.61 bits per heavy atom. The van der Waals surface area contributed by atoms with E-state index < -0.39 is 11.3 Å². The number of carbonyl (C=O) groups is 1. The number of nitrogens with two attached hydrogens (primary N) is 1. The molecule has 18 heavy (non-hydrogen) atoms. The second kappa shape index (κ2) is 5.24. The number of hydrogen-bond donors (Lipinski definition) is 2. The summed E-state index contributed by atoms with van der Waals surface area (Å²) in [4.78, 5) is 12.3. The fraction of sp³-hybridized carbons (Fsp3) is 0.417. The van der Waals surface area contributed by atoms with Crippen LogP contribution in [-0.2, 0) is 4.79 Å². The molecule has 0 spiro atoms. The molecule has 0 aromatic heterocycles. The molecular formula is C12H14F2N2OS. The van der Waals surface area contributed by atoms with E-state index in [-0.39, 0.29) is 5.91 Å². The summed E-state index contributed by atoms with van der Waals surface area (Å²) in [5.41, 5.74) is 5.44. The van der Waals surface area contributed by atoms with Gasteiger partial charge in [0.15, 0.2) is 0 Å². The van der Waals surface area contributed by atoms with Crippen molar-refractivity contribution < 1.29 is 13.6 Å². The van der Waals surface area contributed by atoms with E-state index in [1.54, 1.807) is 24.3 Å². The summed E-state index contributed by atoms with van der Waals surface area (Å²) >= 11 is 0.414. The molecule has 1 fully saturated rings. The lowest BCUT2D eigenvalue weighted by molar-refractivity contribution is -0.123. The van der Waals surface area contributed by atoms with Crippen molar-refractivity contribution in [2.24, 2.45) is 5.73 Å². The molecular weight excluding hydrogens is 258 g/mol. The van der Waals surface area contributed by atoms with Gasteiger partial charge in [0.25, 0.3) is 5.76 Å². The number of amides is 1. The quantitative estimate of drug-likeness (QED) is 0.829. The predicted molar refractivity (Wildman–Crippen MR) is 67.7 cm³/mol. The van der Waals surface area contributed by atoms with Gasteiger partial charge in [0, 0.05) is 4.90 Å². The average Bonchev–Trinajstić information content (AvgIpc) is 2.27. The van der Waals surface area contributed by atoms with Gasteiger partial charge in [-0.2, -0.15) is 8.78 Å². The van der Waals surface area contributed by atoms with Gasteiger partial charge in [-0.1, -0.05) is 23.9 Å². The van der Waals surface area contributed by atoms with Gasteiger partial charge < -0.3 is 11.1 Å². The first kappa shape index (κ1) is 13.3. The zero-order chi connectivity index (χ0) is 13.2. The summed E-state index contributed by atoms with van der Waals surface area (Å²) in [7, 11) is 0. The fourth-order valence-electron chi connectivity index (χ4n) is 1.80. The van der Waals surface area contributed by atoms with Crippen LogP contribution in [0, 0.1) is 0 Å². The third kappa shape index (κ3) is 2.81. The Hall–Kier alpha value is -1.14. The Morgan fingerprint density at radius 2 is 2.06 bits per heavy atom. The summed E-state index contributed by atoms with van der Waals surface area (Å²) < 4.78 is 24.7. The summed E-state index contributed by atoms with van der Waals surface area (Å²) in [5.74, 6) is -2.81. The predicted octanol–water partition coefficient (Wildman–Crippen LogP) is 2.82. The molecule has 0 saturated heterocycles. The molecule has 0 radical (unpaired) electrons. The highest BCUT2D eigenvalue weighted by molar-refractivity contribution is 7.99. The van der Waals surface area contributed by atoms with E-state index >= 15 is 0 Å². The fourth-order valence-corrected chi connectivity index (χ4v) is 2.40. The van der Waals surface area contributed by atoms with Crippen molar-refractivity contribution in [1.82, 2.24) is 0 Å². The van der Waals surface area contributed by atoms with Crippen molar-refractivity contribution in [1.29, 1.82) is 0 Å². The molecule has 0 bridgehead atoms. The average molecular weight is 272 g/mol. The Morgan fingerprint density at radius 1 is 1.39 bits per heavy atom. The number of anilines is 1. The van der Waals surface area contributed by atoms with E-state index in [2.05, 4.69) is 5.32 Å². The molecule has 1 aromatic rings. The van der Waals surface area contributed by atoms with E-state index in [9.17, 15) is 13.6 Å². The van der Waals surface area contributed by atoms with Crippen LogP contribution in [0.25, 0.3) is 0 Å². The first-order valence-corrected chi connectivity index (χ1v) is 6.53. The molecule has 1 saturated carbocycles. The molecule has 0 atom stereocenters. The molecule has 3 N–H and O–H groups in total. The first-order chi connectivity index (χ1) is 8.51. The maximum absolute atomic E-state index is 12.4. The largest absolute Gasteiger partial charge is 0.323 e. The number of alkyl halides is 2. The maximum Gasteiger partial charge on any atom is 0.288 e. The first-order valence-electron chi connectivity index (χ1n) is 5.65. The third-order valence-corrected chi connectivity index (χ3v) is 3.84. The van der Waals surface area contributed by atoms with E-state index in [0.717, 1.165) is 6.42 Å². The normalized spacial score (nSPS) is 17.3. The van der Waals surface area contributed by atoms with Crippen molar-refractivity contribution in [2.75, 3.05) is 5.32 Å². The monoisotopic (exact) mass is 272 g/mol. The lowest BCUT2D eigenvalue weighted by Crippen LogP contribution is -2.56. The van der Waals surface area contributed by atoms with Gasteiger partial charge in [-0.3, -0.25) is 4.79 Å². The molecule has 98 valence electrons. The topological polar surface area (TPSA) is 55.1 Å². The van der Waals surface area contributed by atoms with Gasteiger partial charge >= 0.3 is 0 Å². The van der Waals surface area contributed by atoms with Crippen LogP contribution in [0.4, 0.5) is 14.5 Å². The molecule has 1 aliphatic rings. The smallest absolute Gasteiger partial charge is 0.288 e. The zero-order valence-corrected chi connectivity index (χ0v) is 10.5. The molecule has 0 aliphatic heterocycles. The molecule has 0 heterocycles. The molecule has 0 unspecified atom stereocenters. The number of carbonyl (C=O) groups excluding carboxylic acids is 1. The van der Waals surface area contributed by atoms with E-state index in [0.29, 0.717) is 35.2 Å². The third-order valence-electron chi connectivity index (χ3n) is 3.05. The molecule has 1 amide bonds. The van der Waals surface area contributed by atoms with Gasteiger partial charge in [-0.25, -0.2) is 0 Å². The number of hydrogen-bond acceptors (Lipinski definition) is 3. The summed E-state index contributed by atoms with van der Waals surface area (Å²) in [6.45, 7) is 0. The van der Waals surface area contributed by atoms with E-state index in [1.807, 2.05) is 0 Å². The number of nitrogens with one attached hydrogen (secondary N) is 1. The minimum absolute atomic E-state index is 0.295. The van der Waals surface area contributed by atoms with Crippen molar-refractivity contribution in [3.05, 3.63) is 24.3 Å². The Bertz CT molecular complexity index is 449. The van der Waals surface area contributed by atoms with Crippen molar-refractivity contribution in [3.63, 3.8) is 0 Å². The Balaban J connectivity index is 2.11. The lowest BCUT2D eigenvalue weighted by Gasteiger charge is -2.36. The highest BCUT2D eigenvalue weighted by Gasteiger charge is 2.40. The van der Waals surface area contributed by atoms with Crippen LogP contribution >= 0.6 is 11.8 Å². The summed E-state index contributed by atoms with van der Waals surface area (Å²) in [5, 5.41) is 2.64. The van der Waals surface area contributed by atoms with Gasteiger partial charge in [-0.15, -0.1) is 0 Å². The molecule has 1 aliphatic carbocycles. The number of thioether (sulfide) groups is 1. The standard InChI is InChI=1S/C12H14F2N2OS/c13-11(14)18-9-5-2-1-4-8(9)16-10(17)12(15)6-3-7-12/h1-2,4-5,11H,3,6-7,15H2,(H,16,17). The van der Waals surface area contributed by atoms with Gasteiger partial charge in [0.2, 0.25) is 5.91 Å². The minimum atomic E-state index is -2.52. The highest BCUT2D eigenvalue weighted by Crippen LogP contribution is 2.34. The van der Waals surface area contributed by atoms with Crippen molar-refractivity contribution >= 4 is 23.4 Å². The maximum atomic E-state index is 12.4. The van der Waals surface area contributed by atoms with E-state index in [4.69, 9.17) is 5.73 Å². The summed E-state index contributed by atoms with van der Waals surface area (Å²) in [6, 6.07) is 6.50. The van der Waals surface area contributed by atoms with Crippen LogP contribution in [0.3, 0.4) is 0 Å². The number of halogens is 2. The molecule has 2 rings (SSSR count). The van der Waals surface area contributed by atoms with Crippen LogP contribution in [0.5, 0.6) is 0 Å². The summed E-state index contributed by atoms with van der Waals surface area (Å²) in [6.07, 6.45) is 2.21. The molecule has 3 nitrogen and oxygen atoms in total.